The molecule has 1 heterocycles. The van der Waals surface area contributed by atoms with Crippen molar-refractivity contribution in [3.63, 3.8) is 0 Å². The van der Waals surface area contributed by atoms with Crippen molar-refractivity contribution in [1.29, 1.82) is 0 Å². The second-order valence-corrected chi connectivity index (χ2v) is 7.23. The van der Waals surface area contributed by atoms with Gasteiger partial charge in [0.2, 0.25) is 0 Å². The summed E-state index contributed by atoms with van der Waals surface area (Å²) in [6, 6.07) is 0.555. The highest BCUT2D eigenvalue weighted by Gasteiger charge is 2.55. The van der Waals surface area contributed by atoms with E-state index in [4.69, 9.17) is 0 Å². The molecule has 2 aliphatic rings. The van der Waals surface area contributed by atoms with Gasteiger partial charge >= 0.3 is 0 Å². The maximum atomic E-state index is 10.3. The van der Waals surface area contributed by atoms with Crippen molar-refractivity contribution >= 4 is 0 Å². The molecule has 0 unspecified atom stereocenters. The topological polar surface area (TPSA) is 50.1 Å². The van der Waals surface area contributed by atoms with Gasteiger partial charge in [-0.15, -0.1) is 0 Å². The van der Waals surface area contributed by atoms with Crippen LogP contribution < -0.4 is 5.32 Å². The summed E-state index contributed by atoms with van der Waals surface area (Å²) in [7, 11) is 1.88. The lowest BCUT2D eigenvalue weighted by atomic mass is 9.48. The summed E-state index contributed by atoms with van der Waals surface area (Å²) in [5.74, 6) is 1.70. The Morgan fingerprint density at radius 2 is 2.20 bits per heavy atom. The van der Waals surface area contributed by atoms with Gasteiger partial charge in [-0.3, -0.25) is 4.68 Å². The smallest absolute Gasteiger partial charge is 0.0944 e. The van der Waals surface area contributed by atoms with Crippen LogP contribution in [-0.2, 0) is 7.05 Å². The third-order valence-electron chi connectivity index (χ3n) is 5.65. The van der Waals surface area contributed by atoms with Gasteiger partial charge in [-0.05, 0) is 30.1 Å². The van der Waals surface area contributed by atoms with Crippen molar-refractivity contribution in [3.05, 3.63) is 18.0 Å². The standard InChI is InChI=1S/C16H27N3O/c1-16(2)13-7-5-4-6-12(13)15(16)17-9-14(20)11-8-18-19(3)10-11/h8,10,12-15,17,20H,4-7,9H2,1-3H3/t12-,13+,14+,15+/m1/s1. The predicted molar refractivity (Wildman–Crippen MR) is 79.2 cm³/mol. The summed E-state index contributed by atoms with van der Waals surface area (Å²) < 4.78 is 1.74. The van der Waals surface area contributed by atoms with Crippen LogP contribution in [0.4, 0.5) is 0 Å². The molecule has 4 atom stereocenters. The molecule has 0 spiro atoms. The molecule has 20 heavy (non-hydrogen) atoms. The van der Waals surface area contributed by atoms with Crippen LogP contribution in [0.3, 0.4) is 0 Å². The van der Waals surface area contributed by atoms with Gasteiger partial charge in [0.15, 0.2) is 0 Å². The van der Waals surface area contributed by atoms with E-state index in [1.165, 1.54) is 25.7 Å². The highest BCUT2D eigenvalue weighted by molar-refractivity contribution is 5.11. The van der Waals surface area contributed by atoms with E-state index >= 15 is 0 Å². The lowest BCUT2D eigenvalue weighted by molar-refractivity contribution is -0.0903. The Kier molecular flexibility index (Phi) is 3.63. The molecule has 2 aliphatic carbocycles. The number of hydrogen-bond acceptors (Lipinski definition) is 3. The minimum absolute atomic E-state index is 0.375. The number of hydrogen-bond donors (Lipinski definition) is 2. The van der Waals surface area contributed by atoms with Crippen LogP contribution in [0, 0.1) is 17.3 Å². The molecule has 0 saturated heterocycles. The maximum absolute atomic E-state index is 10.3. The fourth-order valence-corrected chi connectivity index (χ4v) is 4.53. The molecule has 2 fully saturated rings. The maximum Gasteiger partial charge on any atom is 0.0944 e. The summed E-state index contributed by atoms with van der Waals surface area (Å²) in [4.78, 5) is 0. The third kappa shape index (κ3) is 2.29. The van der Waals surface area contributed by atoms with Gasteiger partial charge in [-0.25, -0.2) is 0 Å². The molecule has 112 valence electrons. The van der Waals surface area contributed by atoms with E-state index in [9.17, 15) is 5.11 Å². The fraction of sp³-hybridized carbons (Fsp3) is 0.812. The molecule has 3 rings (SSSR count). The minimum atomic E-state index is -0.456. The van der Waals surface area contributed by atoms with Crippen molar-refractivity contribution in [2.75, 3.05) is 6.54 Å². The summed E-state index contributed by atoms with van der Waals surface area (Å²) >= 11 is 0. The monoisotopic (exact) mass is 277 g/mol. The van der Waals surface area contributed by atoms with Gasteiger partial charge in [0.1, 0.15) is 0 Å². The molecule has 1 aromatic heterocycles. The number of aryl methyl sites for hydroxylation is 1. The van der Waals surface area contributed by atoms with E-state index in [0.717, 1.165) is 17.4 Å². The van der Waals surface area contributed by atoms with Crippen LogP contribution in [0.2, 0.25) is 0 Å². The first-order chi connectivity index (χ1) is 9.50. The Labute approximate surface area is 121 Å². The van der Waals surface area contributed by atoms with E-state index in [2.05, 4.69) is 24.3 Å². The molecule has 2 saturated carbocycles. The SMILES string of the molecule is Cn1cc([C@@H](O)CN[C@H]2[C@@H]3CCCC[C@@H]3C2(C)C)cn1. The molecular weight excluding hydrogens is 250 g/mol. The van der Waals surface area contributed by atoms with E-state index in [-0.39, 0.29) is 0 Å². The summed E-state index contributed by atoms with van der Waals surface area (Å²) in [6.45, 7) is 5.39. The third-order valence-corrected chi connectivity index (χ3v) is 5.65. The molecule has 0 radical (unpaired) electrons. The quantitative estimate of drug-likeness (QED) is 0.887. The number of rotatable bonds is 4. The first-order valence-corrected chi connectivity index (χ1v) is 7.90. The van der Waals surface area contributed by atoms with E-state index in [0.29, 0.717) is 18.0 Å². The molecule has 0 bridgehead atoms. The predicted octanol–water partition coefficient (Wildman–Crippen LogP) is 2.26. The van der Waals surface area contributed by atoms with Crippen LogP contribution in [0.15, 0.2) is 12.4 Å². The average molecular weight is 277 g/mol. The van der Waals surface area contributed by atoms with E-state index in [1.807, 2.05) is 13.2 Å². The van der Waals surface area contributed by atoms with Gasteiger partial charge in [-0.1, -0.05) is 26.7 Å². The van der Waals surface area contributed by atoms with Gasteiger partial charge in [-0.2, -0.15) is 5.10 Å². The summed E-state index contributed by atoms with van der Waals surface area (Å²) in [5, 5.41) is 18.0. The zero-order chi connectivity index (χ0) is 14.3. The van der Waals surface area contributed by atoms with Crippen molar-refractivity contribution in [1.82, 2.24) is 15.1 Å². The highest BCUT2D eigenvalue weighted by atomic mass is 16.3. The van der Waals surface area contributed by atoms with Gasteiger partial charge in [0, 0.05) is 31.4 Å². The zero-order valence-corrected chi connectivity index (χ0v) is 12.8. The molecule has 1 aromatic rings. The Bertz CT molecular complexity index is 468. The first kappa shape index (κ1) is 14.1. The lowest BCUT2D eigenvalue weighted by Crippen LogP contribution is -2.65. The van der Waals surface area contributed by atoms with Crippen molar-refractivity contribution in [2.24, 2.45) is 24.3 Å². The Balaban J connectivity index is 1.58. The van der Waals surface area contributed by atoms with Gasteiger partial charge < -0.3 is 10.4 Å². The van der Waals surface area contributed by atoms with Crippen LogP contribution in [0.25, 0.3) is 0 Å². The zero-order valence-electron chi connectivity index (χ0n) is 12.8. The van der Waals surface area contributed by atoms with E-state index < -0.39 is 6.10 Å². The summed E-state index contributed by atoms with van der Waals surface area (Å²) in [6.07, 6.45) is 8.71. The molecule has 0 aromatic carbocycles. The Morgan fingerprint density at radius 1 is 1.45 bits per heavy atom. The highest BCUT2D eigenvalue weighted by Crippen LogP contribution is 2.57. The number of aliphatic hydroxyl groups excluding tert-OH is 1. The Hall–Kier alpha value is -0.870. The average Bonchev–Trinajstić information content (AvgIpc) is 2.85. The second kappa shape index (κ2) is 5.15. The second-order valence-electron chi connectivity index (χ2n) is 7.23. The largest absolute Gasteiger partial charge is 0.387 e. The van der Waals surface area contributed by atoms with Gasteiger partial charge in [0.25, 0.3) is 0 Å². The molecule has 4 nitrogen and oxygen atoms in total. The summed E-state index contributed by atoms with van der Waals surface area (Å²) in [5.41, 5.74) is 1.28. The van der Waals surface area contributed by atoms with Gasteiger partial charge in [0.05, 0.1) is 12.3 Å². The normalized spacial score (nSPS) is 33.3. The van der Waals surface area contributed by atoms with E-state index in [1.54, 1.807) is 10.9 Å². The molecular formula is C16H27N3O. The number of fused-ring (bicyclic) bond motifs is 1. The molecule has 2 N–H and O–H groups in total. The van der Waals surface area contributed by atoms with Crippen molar-refractivity contribution in [2.45, 2.75) is 51.7 Å². The van der Waals surface area contributed by atoms with Crippen LogP contribution in [-0.4, -0.2) is 27.5 Å². The first-order valence-electron chi connectivity index (χ1n) is 7.90. The number of nitrogens with zero attached hydrogens (tertiary/aromatic N) is 2. The van der Waals surface area contributed by atoms with Crippen molar-refractivity contribution in [3.8, 4) is 0 Å². The number of aliphatic hydroxyl groups is 1. The Morgan fingerprint density at radius 3 is 2.90 bits per heavy atom. The van der Waals surface area contributed by atoms with Crippen LogP contribution in [0.5, 0.6) is 0 Å². The van der Waals surface area contributed by atoms with Crippen LogP contribution in [0.1, 0.15) is 51.2 Å². The number of nitrogens with one attached hydrogen (secondary N) is 1. The molecule has 4 heteroatoms. The molecule has 0 amide bonds. The molecule has 0 aliphatic heterocycles. The van der Waals surface area contributed by atoms with Crippen molar-refractivity contribution < 1.29 is 5.11 Å². The van der Waals surface area contributed by atoms with Crippen LogP contribution >= 0.6 is 0 Å². The minimum Gasteiger partial charge on any atom is -0.387 e. The number of aromatic nitrogens is 2. The fourth-order valence-electron chi connectivity index (χ4n) is 4.53. The lowest BCUT2D eigenvalue weighted by Gasteiger charge is -2.61.